The summed E-state index contributed by atoms with van der Waals surface area (Å²) in [6.07, 6.45) is 0.952. The third kappa shape index (κ3) is 7.60. The van der Waals surface area contributed by atoms with Crippen LogP contribution in [0.4, 0.5) is 4.39 Å². The number of ether oxygens (including phenoxy) is 3. The Kier molecular flexibility index (Phi) is 10.4. The molecule has 47 heavy (non-hydrogen) atoms. The Morgan fingerprint density at radius 2 is 1.77 bits per heavy atom. The molecule has 6 nitrogen and oxygen atoms in total. The van der Waals surface area contributed by atoms with Gasteiger partial charge in [0.15, 0.2) is 0 Å². The van der Waals surface area contributed by atoms with E-state index in [0.717, 1.165) is 70.9 Å². The number of benzene rings is 4. The van der Waals surface area contributed by atoms with Crippen molar-refractivity contribution in [3.05, 3.63) is 128 Å². The molecule has 3 atom stereocenters. The monoisotopic (exact) mass is 676 g/mol. The molecule has 0 radical (unpaired) electrons. The maximum atomic E-state index is 14.0. The van der Waals surface area contributed by atoms with Crippen molar-refractivity contribution >= 4 is 29.2 Å². The summed E-state index contributed by atoms with van der Waals surface area (Å²) in [6, 6.07) is 24.1. The molecule has 0 N–H and O–H groups in total. The van der Waals surface area contributed by atoms with Crippen LogP contribution < -0.4 is 9.47 Å². The molecule has 0 saturated carbocycles. The molecule has 0 bridgehead atoms. The van der Waals surface area contributed by atoms with Crippen molar-refractivity contribution < 1.29 is 23.4 Å². The van der Waals surface area contributed by atoms with Gasteiger partial charge in [0.2, 0.25) is 0 Å². The van der Waals surface area contributed by atoms with Crippen LogP contribution in [0.15, 0.2) is 78.9 Å². The number of hydrogen-bond acceptors (Lipinski definition) is 6. The van der Waals surface area contributed by atoms with Gasteiger partial charge in [-0.2, -0.15) is 0 Å². The molecule has 0 aromatic heterocycles. The summed E-state index contributed by atoms with van der Waals surface area (Å²) in [5.41, 5.74) is 6.15. The third-order valence-electron chi connectivity index (χ3n) is 9.11. The van der Waals surface area contributed by atoms with Gasteiger partial charge >= 0.3 is 5.97 Å². The van der Waals surface area contributed by atoms with Crippen LogP contribution in [0.1, 0.15) is 65.9 Å². The van der Waals surface area contributed by atoms with Crippen molar-refractivity contribution in [3.8, 4) is 11.5 Å². The number of carbonyl (C=O) groups is 1. The Balaban J connectivity index is 1.23. The third-order valence-corrected chi connectivity index (χ3v) is 9.85. The number of likely N-dealkylation sites (N-methyl/N-ethyl adjacent to an activating group) is 1. The summed E-state index contributed by atoms with van der Waals surface area (Å²) < 4.78 is 32.3. The smallest absolute Gasteiger partial charge is 0.323 e. The molecule has 6 rings (SSSR count). The number of methoxy groups -OCH3 is 1. The quantitative estimate of drug-likeness (QED) is 0.165. The van der Waals surface area contributed by atoms with Crippen LogP contribution in [-0.4, -0.2) is 42.0 Å². The van der Waals surface area contributed by atoms with Gasteiger partial charge in [-0.25, -0.2) is 4.39 Å². The van der Waals surface area contributed by atoms with Gasteiger partial charge in [-0.1, -0.05) is 73.4 Å². The first-order valence-corrected chi connectivity index (χ1v) is 16.8. The molecule has 9 heteroatoms. The van der Waals surface area contributed by atoms with Gasteiger partial charge in [0, 0.05) is 31.7 Å². The molecule has 0 saturated heterocycles. The summed E-state index contributed by atoms with van der Waals surface area (Å²) in [7, 11) is 1.42. The van der Waals surface area contributed by atoms with Crippen LogP contribution >= 0.6 is 23.2 Å². The molecular weight excluding hydrogens is 638 g/mol. The second kappa shape index (κ2) is 14.7. The van der Waals surface area contributed by atoms with Crippen LogP contribution in [-0.2, 0) is 35.6 Å². The molecule has 2 aliphatic heterocycles. The minimum absolute atomic E-state index is 0.155. The van der Waals surface area contributed by atoms with E-state index in [1.807, 2.05) is 30.3 Å². The fourth-order valence-corrected chi connectivity index (χ4v) is 6.84. The van der Waals surface area contributed by atoms with Crippen molar-refractivity contribution in [2.75, 3.05) is 20.2 Å². The van der Waals surface area contributed by atoms with E-state index < -0.39 is 6.04 Å². The second-order valence-electron chi connectivity index (χ2n) is 12.2. The Morgan fingerprint density at radius 3 is 2.47 bits per heavy atom. The lowest BCUT2D eigenvalue weighted by molar-refractivity contribution is -0.148. The summed E-state index contributed by atoms with van der Waals surface area (Å²) >= 11 is 12.4. The molecule has 2 aliphatic rings. The molecule has 246 valence electrons. The maximum Gasteiger partial charge on any atom is 0.323 e. The lowest BCUT2D eigenvalue weighted by Crippen LogP contribution is -2.45. The van der Waals surface area contributed by atoms with E-state index in [1.165, 1.54) is 19.2 Å². The number of rotatable bonds is 9. The molecule has 4 aromatic rings. The van der Waals surface area contributed by atoms with E-state index in [-0.39, 0.29) is 24.0 Å². The largest absolute Gasteiger partial charge is 0.486 e. The lowest BCUT2D eigenvalue weighted by atomic mass is 9.91. The first-order chi connectivity index (χ1) is 22.7. The topological polar surface area (TPSA) is 51.2 Å². The molecule has 0 amide bonds. The summed E-state index contributed by atoms with van der Waals surface area (Å²) in [4.78, 5) is 17.3. The Bertz CT molecular complexity index is 1730. The average molecular weight is 678 g/mol. The number of carbonyl (C=O) groups excluding carboxylic acids is 1. The number of fused-ring (bicyclic) bond motifs is 2. The zero-order chi connectivity index (χ0) is 33.1. The van der Waals surface area contributed by atoms with Crippen molar-refractivity contribution in [1.29, 1.82) is 0 Å². The normalized spacial score (nSPS) is 18.8. The predicted octanol–water partition coefficient (Wildman–Crippen LogP) is 8.72. The zero-order valence-electron chi connectivity index (χ0n) is 26.8. The summed E-state index contributed by atoms with van der Waals surface area (Å²) in [5.74, 6) is 1.03. The number of hydrogen-bond donors (Lipinski definition) is 0. The van der Waals surface area contributed by atoms with E-state index in [2.05, 4.69) is 47.9 Å². The fourth-order valence-electron chi connectivity index (χ4n) is 6.53. The van der Waals surface area contributed by atoms with E-state index >= 15 is 0 Å². The Hall–Kier alpha value is -3.62. The SMILES string of the molecule is CC[C@@H](Oc1ccc([C@H]2CN(CC)Cc3cc4c(cc3O2)CN(Cc2cccc(F)c2)[C@H](C(=O)OC)C4)cc1)c1ccc(Cl)c(Cl)c1. The van der Waals surface area contributed by atoms with Gasteiger partial charge in [-0.15, -0.1) is 0 Å². The van der Waals surface area contributed by atoms with Crippen LogP contribution in [0.2, 0.25) is 10.0 Å². The molecule has 0 spiro atoms. The van der Waals surface area contributed by atoms with Crippen molar-refractivity contribution in [3.63, 3.8) is 0 Å². The molecule has 0 aliphatic carbocycles. The first-order valence-electron chi connectivity index (χ1n) is 16.1. The number of esters is 1. The molecule has 4 aromatic carbocycles. The van der Waals surface area contributed by atoms with E-state index in [9.17, 15) is 9.18 Å². The minimum Gasteiger partial charge on any atom is -0.486 e. The van der Waals surface area contributed by atoms with Gasteiger partial charge in [0.05, 0.1) is 17.2 Å². The van der Waals surface area contributed by atoms with Crippen LogP contribution in [0, 0.1) is 5.82 Å². The summed E-state index contributed by atoms with van der Waals surface area (Å²) in [5, 5.41) is 1.03. The van der Waals surface area contributed by atoms with Crippen LogP contribution in [0.3, 0.4) is 0 Å². The van der Waals surface area contributed by atoms with Gasteiger partial charge in [0.25, 0.3) is 0 Å². The van der Waals surface area contributed by atoms with Crippen molar-refractivity contribution in [2.45, 2.75) is 64.6 Å². The number of nitrogens with zero attached hydrogens (tertiary/aromatic N) is 2. The molecule has 0 fully saturated rings. The highest BCUT2D eigenvalue weighted by Crippen LogP contribution is 2.37. The lowest BCUT2D eigenvalue weighted by Gasteiger charge is -2.35. The molecule has 0 unspecified atom stereocenters. The highest BCUT2D eigenvalue weighted by Gasteiger charge is 2.34. The summed E-state index contributed by atoms with van der Waals surface area (Å²) in [6.45, 7) is 7.52. The molecule has 2 heterocycles. The van der Waals surface area contributed by atoms with Crippen molar-refractivity contribution in [1.82, 2.24) is 9.80 Å². The fraction of sp³-hybridized carbons (Fsp3) is 0.342. The van der Waals surface area contributed by atoms with Gasteiger partial charge in [-0.05, 0) is 89.7 Å². The first kappa shape index (κ1) is 33.3. The second-order valence-corrected chi connectivity index (χ2v) is 13.0. The van der Waals surface area contributed by atoms with E-state index in [1.54, 1.807) is 12.1 Å². The van der Waals surface area contributed by atoms with E-state index in [4.69, 9.17) is 37.4 Å². The number of halogens is 3. The standard InChI is InChI=1S/C38H39Cl2FN2O4/c1-4-35(26-11-14-32(39)33(40)17-26)46-31-12-9-25(10-13-31)37-23-42(5-2)21-29-16-27-18-34(38(44)45-3)43(22-28(27)19-36(29)47-37)20-24-7-6-8-30(41)15-24/h6-17,19,34-35,37H,4-5,18,20-23H2,1-3H3/t34-,35+,37+/m0/s1. The van der Waals surface area contributed by atoms with Crippen LogP contribution in [0.5, 0.6) is 11.5 Å². The Morgan fingerprint density at radius 1 is 0.957 bits per heavy atom. The molecular formula is C38H39Cl2FN2O4. The zero-order valence-corrected chi connectivity index (χ0v) is 28.4. The predicted molar refractivity (Wildman–Crippen MR) is 182 cm³/mol. The van der Waals surface area contributed by atoms with Crippen molar-refractivity contribution in [2.24, 2.45) is 0 Å². The van der Waals surface area contributed by atoms with Gasteiger partial charge < -0.3 is 14.2 Å². The van der Waals surface area contributed by atoms with E-state index in [0.29, 0.717) is 29.6 Å². The average Bonchev–Trinajstić information content (AvgIpc) is 3.26. The highest BCUT2D eigenvalue weighted by atomic mass is 35.5. The Labute approximate surface area is 285 Å². The van der Waals surface area contributed by atoms with Crippen LogP contribution in [0.25, 0.3) is 0 Å². The highest BCUT2D eigenvalue weighted by molar-refractivity contribution is 6.42. The minimum atomic E-state index is -0.458. The van der Waals surface area contributed by atoms with Gasteiger partial charge in [-0.3, -0.25) is 14.6 Å². The maximum absolute atomic E-state index is 14.0. The van der Waals surface area contributed by atoms with Gasteiger partial charge in [0.1, 0.15) is 35.6 Å².